The standard InChI is InChI=1S/C17H23NO2/c1-18-17(11-16(19)20-2)14-7-8-15(17)10-13-6-4-3-5-12(13)9-14/h3-6,14-15,18H,7-11H2,1-2H3. The van der Waals surface area contributed by atoms with Gasteiger partial charge in [0.25, 0.3) is 0 Å². The van der Waals surface area contributed by atoms with Gasteiger partial charge in [0.1, 0.15) is 0 Å². The third-order valence-electron chi connectivity index (χ3n) is 5.50. The van der Waals surface area contributed by atoms with Crippen molar-refractivity contribution in [3.8, 4) is 0 Å². The summed E-state index contributed by atoms with van der Waals surface area (Å²) in [5, 5.41) is 3.52. The molecule has 2 aliphatic carbocycles. The van der Waals surface area contributed by atoms with E-state index in [-0.39, 0.29) is 11.5 Å². The van der Waals surface area contributed by atoms with Gasteiger partial charge < -0.3 is 10.1 Å². The van der Waals surface area contributed by atoms with Crippen LogP contribution in [0.25, 0.3) is 0 Å². The molecule has 0 saturated heterocycles. The molecule has 0 heterocycles. The van der Waals surface area contributed by atoms with E-state index in [0.717, 1.165) is 12.8 Å². The summed E-state index contributed by atoms with van der Waals surface area (Å²) in [5.74, 6) is 0.961. The molecular formula is C17H23NO2. The molecule has 0 amide bonds. The first-order valence-electron chi connectivity index (χ1n) is 7.52. The highest BCUT2D eigenvalue weighted by atomic mass is 16.5. The summed E-state index contributed by atoms with van der Waals surface area (Å²) in [6.45, 7) is 0. The number of nitrogens with one attached hydrogen (secondary N) is 1. The van der Waals surface area contributed by atoms with Gasteiger partial charge in [-0.15, -0.1) is 0 Å². The summed E-state index contributed by atoms with van der Waals surface area (Å²) in [6, 6.07) is 8.74. The first-order valence-corrected chi connectivity index (χ1v) is 7.52. The predicted molar refractivity (Wildman–Crippen MR) is 78.5 cm³/mol. The van der Waals surface area contributed by atoms with Crippen molar-refractivity contribution >= 4 is 5.97 Å². The highest BCUT2D eigenvalue weighted by Gasteiger charge is 2.51. The molecule has 1 N–H and O–H groups in total. The molecule has 3 nitrogen and oxygen atoms in total. The highest BCUT2D eigenvalue weighted by Crippen LogP contribution is 2.48. The number of rotatable bonds is 3. The zero-order chi connectivity index (χ0) is 14.2. The Bertz CT molecular complexity index is 478. The number of hydrogen-bond donors (Lipinski definition) is 1. The van der Waals surface area contributed by atoms with Crippen LogP contribution in [0, 0.1) is 11.8 Å². The maximum absolute atomic E-state index is 11.9. The summed E-state index contributed by atoms with van der Waals surface area (Å²) in [6.07, 6.45) is 5.05. The van der Waals surface area contributed by atoms with Crippen LogP contribution >= 0.6 is 0 Å². The Morgan fingerprint density at radius 1 is 1.25 bits per heavy atom. The number of carbonyl (C=O) groups is 1. The lowest BCUT2D eigenvalue weighted by molar-refractivity contribution is -0.143. The second-order valence-electron chi connectivity index (χ2n) is 6.19. The van der Waals surface area contributed by atoms with Crippen molar-refractivity contribution < 1.29 is 9.53 Å². The summed E-state index contributed by atoms with van der Waals surface area (Å²) in [7, 11) is 3.49. The number of hydrogen-bond acceptors (Lipinski definition) is 3. The lowest BCUT2D eigenvalue weighted by Crippen LogP contribution is -2.53. The third kappa shape index (κ3) is 2.05. The van der Waals surface area contributed by atoms with Crippen molar-refractivity contribution in [3.63, 3.8) is 0 Å². The maximum Gasteiger partial charge on any atom is 0.307 e. The maximum atomic E-state index is 11.9. The van der Waals surface area contributed by atoms with Gasteiger partial charge in [-0.1, -0.05) is 24.3 Å². The Kier molecular flexibility index (Phi) is 3.55. The van der Waals surface area contributed by atoms with E-state index in [9.17, 15) is 4.79 Å². The molecule has 108 valence electrons. The Morgan fingerprint density at radius 2 is 1.80 bits per heavy atom. The lowest BCUT2D eigenvalue weighted by atomic mass is 9.76. The number of carbonyl (C=O) groups excluding carboxylic acids is 1. The SMILES string of the molecule is CNC1(CC(=O)OC)C2CCC1Cc1ccccc1C2. The molecule has 0 spiro atoms. The van der Waals surface area contributed by atoms with Crippen molar-refractivity contribution in [1.29, 1.82) is 0 Å². The lowest BCUT2D eigenvalue weighted by Gasteiger charge is -2.38. The molecule has 1 saturated carbocycles. The molecular weight excluding hydrogens is 250 g/mol. The van der Waals surface area contributed by atoms with E-state index in [1.165, 1.54) is 31.1 Å². The Labute approximate surface area is 120 Å². The topological polar surface area (TPSA) is 38.3 Å². The molecule has 2 bridgehead atoms. The first-order chi connectivity index (χ1) is 9.69. The van der Waals surface area contributed by atoms with Gasteiger partial charge in [-0.2, -0.15) is 0 Å². The van der Waals surface area contributed by atoms with Gasteiger partial charge in [0.15, 0.2) is 0 Å². The number of fused-ring (bicyclic) bond motifs is 3. The van der Waals surface area contributed by atoms with E-state index >= 15 is 0 Å². The largest absolute Gasteiger partial charge is 0.469 e. The molecule has 0 radical (unpaired) electrons. The van der Waals surface area contributed by atoms with Gasteiger partial charge in [0.2, 0.25) is 0 Å². The minimum atomic E-state index is -0.0952. The van der Waals surface area contributed by atoms with Crippen molar-refractivity contribution in [2.75, 3.05) is 14.2 Å². The average molecular weight is 273 g/mol. The molecule has 2 atom stereocenters. The summed E-state index contributed by atoms with van der Waals surface area (Å²) in [5.41, 5.74) is 2.83. The highest BCUT2D eigenvalue weighted by molar-refractivity contribution is 5.71. The van der Waals surface area contributed by atoms with Crippen molar-refractivity contribution in [1.82, 2.24) is 5.32 Å². The Morgan fingerprint density at radius 3 is 2.25 bits per heavy atom. The van der Waals surface area contributed by atoms with Gasteiger partial charge >= 0.3 is 5.97 Å². The summed E-state index contributed by atoms with van der Waals surface area (Å²) >= 11 is 0. The van der Waals surface area contributed by atoms with Crippen LogP contribution in [0.4, 0.5) is 0 Å². The molecule has 2 unspecified atom stereocenters. The van der Waals surface area contributed by atoms with Crippen molar-refractivity contribution in [2.45, 2.75) is 37.6 Å². The minimum Gasteiger partial charge on any atom is -0.469 e. The third-order valence-corrected chi connectivity index (χ3v) is 5.50. The van der Waals surface area contributed by atoms with Gasteiger partial charge in [-0.3, -0.25) is 4.79 Å². The van der Waals surface area contributed by atoms with E-state index < -0.39 is 0 Å². The number of ether oxygens (including phenoxy) is 1. The fourth-order valence-corrected chi connectivity index (χ4v) is 4.40. The van der Waals surface area contributed by atoms with Crippen molar-refractivity contribution in [2.24, 2.45) is 11.8 Å². The predicted octanol–water partition coefficient (Wildman–Crippen LogP) is 2.33. The second-order valence-corrected chi connectivity index (χ2v) is 6.19. The van der Waals surface area contributed by atoms with Crippen LogP contribution < -0.4 is 5.32 Å². The summed E-state index contributed by atoms with van der Waals surface area (Å²) in [4.78, 5) is 11.9. The van der Waals surface area contributed by atoms with Crippen LogP contribution in [0.2, 0.25) is 0 Å². The van der Waals surface area contributed by atoms with Crippen LogP contribution in [0.3, 0.4) is 0 Å². The second kappa shape index (κ2) is 5.21. The van der Waals surface area contributed by atoms with Gasteiger partial charge in [-0.05, 0) is 55.7 Å². The molecule has 3 rings (SSSR count). The number of benzene rings is 1. The van der Waals surface area contributed by atoms with E-state index in [1.54, 1.807) is 0 Å². The van der Waals surface area contributed by atoms with Crippen LogP contribution in [-0.4, -0.2) is 25.7 Å². The minimum absolute atomic E-state index is 0.0912. The molecule has 1 aromatic rings. The molecule has 0 aromatic heterocycles. The smallest absolute Gasteiger partial charge is 0.307 e. The average Bonchev–Trinajstić information content (AvgIpc) is 2.70. The molecule has 1 fully saturated rings. The van der Waals surface area contributed by atoms with Crippen LogP contribution in [-0.2, 0) is 22.4 Å². The van der Waals surface area contributed by atoms with Crippen LogP contribution in [0.1, 0.15) is 30.4 Å². The quantitative estimate of drug-likeness (QED) is 0.859. The zero-order valence-electron chi connectivity index (χ0n) is 12.3. The van der Waals surface area contributed by atoms with Gasteiger partial charge in [0.05, 0.1) is 13.5 Å². The fraction of sp³-hybridized carbons (Fsp3) is 0.588. The van der Waals surface area contributed by atoms with Crippen LogP contribution in [0.15, 0.2) is 24.3 Å². The van der Waals surface area contributed by atoms with Crippen LogP contribution in [0.5, 0.6) is 0 Å². The van der Waals surface area contributed by atoms with E-state index in [2.05, 4.69) is 29.6 Å². The monoisotopic (exact) mass is 273 g/mol. The van der Waals surface area contributed by atoms with Crippen molar-refractivity contribution in [3.05, 3.63) is 35.4 Å². The van der Waals surface area contributed by atoms with E-state index in [0.29, 0.717) is 18.3 Å². The first kappa shape index (κ1) is 13.6. The van der Waals surface area contributed by atoms with E-state index in [4.69, 9.17) is 4.74 Å². The summed E-state index contributed by atoms with van der Waals surface area (Å²) < 4.78 is 4.94. The Hall–Kier alpha value is -1.35. The van der Waals surface area contributed by atoms with Gasteiger partial charge in [0, 0.05) is 5.54 Å². The molecule has 1 aromatic carbocycles. The molecule has 20 heavy (non-hydrogen) atoms. The Balaban J connectivity index is 1.96. The normalized spacial score (nSPS) is 31.5. The van der Waals surface area contributed by atoms with E-state index in [1.807, 2.05) is 7.05 Å². The zero-order valence-corrected chi connectivity index (χ0v) is 12.3. The number of methoxy groups -OCH3 is 1. The molecule has 2 aliphatic rings. The van der Waals surface area contributed by atoms with Gasteiger partial charge in [-0.25, -0.2) is 0 Å². The fourth-order valence-electron chi connectivity index (χ4n) is 4.40. The number of esters is 1. The molecule has 0 aliphatic heterocycles. The molecule has 3 heteroatoms.